The summed E-state index contributed by atoms with van der Waals surface area (Å²) < 4.78 is 38.0. The van der Waals surface area contributed by atoms with E-state index >= 15 is 0 Å². The SMILES string of the molecule is CN=C(NCCc1c[nH]c2ccc(F)cc12)NCCS(=O)(=O)c1ccccc1. The third kappa shape index (κ3) is 4.89. The average Bonchev–Trinajstić information content (AvgIpc) is 3.09. The Morgan fingerprint density at radius 2 is 1.86 bits per heavy atom. The molecule has 28 heavy (non-hydrogen) atoms. The number of hydrogen-bond acceptors (Lipinski definition) is 3. The quantitative estimate of drug-likeness (QED) is 0.419. The lowest BCUT2D eigenvalue weighted by atomic mass is 10.1. The van der Waals surface area contributed by atoms with E-state index in [1.54, 1.807) is 43.4 Å². The van der Waals surface area contributed by atoms with Gasteiger partial charge >= 0.3 is 0 Å². The highest BCUT2D eigenvalue weighted by Gasteiger charge is 2.13. The minimum atomic E-state index is -3.33. The number of benzene rings is 2. The fourth-order valence-corrected chi connectivity index (χ4v) is 4.12. The molecule has 0 unspecified atom stereocenters. The van der Waals surface area contributed by atoms with E-state index in [9.17, 15) is 12.8 Å². The fraction of sp³-hybridized carbons (Fsp3) is 0.250. The topological polar surface area (TPSA) is 86.3 Å². The molecule has 0 saturated heterocycles. The van der Waals surface area contributed by atoms with Gasteiger partial charge in [0.1, 0.15) is 5.82 Å². The lowest BCUT2D eigenvalue weighted by Gasteiger charge is -2.12. The Kier molecular flexibility index (Phi) is 6.30. The molecule has 6 nitrogen and oxygen atoms in total. The predicted molar refractivity (Wildman–Crippen MR) is 110 cm³/mol. The maximum atomic E-state index is 13.4. The number of aromatic nitrogens is 1. The van der Waals surface area contributed by atoms with Gasteiger partial charge in [-0.2, -0.15) is 0 Å². The van der Waals surface area contributed by atoms with Crippen LogP contribution in [-0.4, -0.2) is 45.3 Å². The van der Waals surface area contributed by atoms with Crippen LogP contribution in [0.5, 0.6) is 0 Å². The number of hydrogen-bond donors (Lipinski definition) is 3. The van der Waals surface area contributed by atoms with Gasteiger partial charge in [-0.1, -0.05) is 18.2 Å². The molecule has 0 atom stereocenters. The van der Waals surface area contributed by atoms with Gasteiger partial charge < -0.3 is 15.6 Å². The number of halogens is 1. The molecule has 0 aliphatic rings. The van der Waals surface area contributed by atoms with Gasteiger partial charge in [0.05, 0.1) is 10.6 Å². The highest BCUT2D eigenvalue weighted by Crippen LogP contribution is 2.19. The standard InChI is InChI=1S/C20H23FN4O2S/c1-22-20(24-11-12-28(26,27)17-5-3-2-4-6-17)23-10-9-15-14-25-19-8-7-16(21)13-18(15)19/h2-8,13-14,25H,9-12H2,1H3,(H2,22,23,24). The molecular formula is C20H23FN4O2S. The zero-order valence-corrected chi connectivity index (χ0v) is 16.4. The first-order valence-corrected chi connectivity index (χ1v) is 10.6. The van der Waals surface area contributed by atoms with Crippen molar-refractivity contribution in [1.82, 2.24) is 15.6 Å². The van der Waals surface area contributed by atoms with Gasteiger partial charge in [0.25, 0.3) is 0 Å². The summed E-state index contributed by atoms with van der Waals surface area (Å²) in [5.41, 5.74) is 1.90. The Balaban J connectivity index is 1.49. The molecule has 3 N–H and O–H groups in total. The van der Waals surface area contributed by atoms with E-state index in [4.69, 9.17) is 0 Å². The maximum absolute atomic E-state index is 13.4. The van der Waals surface area contributed by atoms with Gasteiger partial charge in [-0.05, 0) is 42.3 Å². The normalized spacial score (nSPS) is 12.3. The van der Waals surface area contributed by atoms with Crippen LogP contribution in [-0.2, 0) is 16.3 Å². The van der Waals surface area contributed by atoms with Crippen molar-refractivity contribution < 1.29 is 12.8 Å². The Hall–Kier alpha value is -2.87. The van der Waals surface area contributed by atoms with Gasteiger partial charge in [0.15, 0.2) is 15.8 Å². The van der Waals surface area contributed by atoms with Crippen LogP contribution in [0.1, 0.15) is 5.56 Å². The van der Waals surface area contributed by atoms with E-state index in [0.29, 0.717) is 23.8 Å². The first-order valence-electron chi connectivity index (χ1n) is 8.97. The summed E-state index contributed by atoms with van der Waals surface area (Å²) in [4.78, 5) is 7.55. The van der Waals surface area contributed by atoms with Crippen LogP contribution in [0.15, 0.2) is 64.6 Å². The molecule has 0 aliphatic carbocycles. The summed E-state index contributed by atoms with van der Waals surface area (Å²) in [6.07, 6.45) is 2.54. The molecule has 8 heteroatoms. The van der Waals surface area contributed by atoms with Crippen molar-refractivity contribution in [3.8, 4) is 0 Å². The molecule has 0 bridgehead atoms. The number of aliphatic imine (C=N–C) groups is 1. The molecule has 3 rings (SSSR count). The maximum Gasteiger partial charge on any atom is 0.191 e. The van der Waals surface area contributed by atoms with Crippen molar-refractivity contribution in [3.05, 3.63) is 66.1 Å². The number of sulfone groups is 1. The van der Waals surface area contributed by atoms with Crippen LogP contribution < -0.4 is 10.6 Å². The number of fused-ring (bicyclic) bond motifs is 1. The van der Waals surface area contributed by atoms with E-state index in [1.165, 1.54) is 12.1 Å². The molecular weight excluding hydrogens is 379 g/mol. The molecule has 0 fully saturated rings. The van der Waals surface area contributed by atoms with Crippen molar-refractivity contribution in [2.75, 3.05) is 25.9 Å². The highest BCUT2D eigenvalue weighted by molar-refractivity contribution is 7.91. The predicted octanol–water partition coefficient (Wildman–Crippen LogP) is 2.49. The third-order valence-corrected chi connectivity index (χ3v) is 6.14. The fourth-order valence-electron chi connectivity index (χ4n) is 2.94. The minimum absolute atomic E-state index is 0.0283. The Bertz CT molecular complexity index is 1060. The van der Waals surface area contributed by atoms with Crippen LogP contribution >= 0.6 is 0 Å². The smallest absolute Gasteiger partial charge is 0.191 e. The summed E-state index contributed by atoms with van der Waals surface area (Å²) in [5, 5.41) is 7.02. The van der Waals surface area contributed by atoms with E-state index in [-0.39, 0.29) is 18.1 Å². The van der Waals surface area contributed by atoms with Crippen molar-refractivity contribution in [2.45, 2.75) is 11.3 Å². The molecule has 0 spiro atoms. The number of H-pyrrole nitrogens is 1. The monoisotopic (exact) mass is 402 g/mol. The van der Waals surface area contributed by atoms with Crippen LogP contribution in [0.25, 0.3) is 10.9 Å². The summed E-state index contributed by atoms with van der Waals surface area (Å²) in [6.45, 7) is 0.823. The Morgan fingerprint density at radius 1 is 1.11 bits per heavy atom. The van der Waals surface area contributed by atoms with Gasteiger partial charge in [0.2, 0.25) is 0 Å². The molecule has 0 amide bonds. The Morgan fingerprint density at radius 3 is 2.61 bits per heavy atom. The molecule has 3 aromatic rings. The minimum Gasteiger partial charge on any atom is -0.361 e. The van der Waals surface area contributed by atoms with E-state index in [1.807, 2.05) is 6.20 Å². The largest absolute Gasteiger partial charge is 0.361 e. The summed E-state index contributed by atoms with van der Waals surface area (Å²) in [5.74, 6) is 0.229. The second-order valence-electron chi connectivity index (χ2n) is 6.31. The first kappa shape index (κ1) is 19.9. The molecule has 0 saturated carbocycles. The number of nitrogens with one attached hydrogen (secondary N) is 3. The molecule has 2 aromatic carbocycles. The van der Waals surface area contributed by atoms with Crippen LogP contribution in [0.4, 0.5) is 4.39 Å². The summed E-state index contributed by atoms with van der Waals surface area (Å²) >= 11 is 0. The van der Waals surface area contributed by atoms with Crippen LogP contribution in [0.3, 0.4) is 0 Å². The van der Waals surface area contributed by atoms with Gasteiger partial charge in [-0.15, -0.1) is 0 Å². The van der Waals surface area contributed by atoms with E-state index in [0.717, 1.165) is 16.5 Å². The molecule has 0 radical (unpaired) electrons. The van der Waals surface area contributed by atoms with E-state index in [2.05, 4.69) is 20.6 Å². The summed E-state index contributed by atoms with van der Waals surface area (Å²) in [6, 6.07) is 13.0. The lowest BCUT2D eigenvalue weighted by molar-refractivity contribution is 0.594. The highest BCUT2D eigenvalue weighted by atomic mass is 32.2. The van der Waals surface area contributed by atoms with Crippen molar-refractivity contribution in [2.24, 2.45) is 4.99 Å². The zero-order chi connectivity index (χ0) is 20.0. The van der Waals surface area contributed by atoms with Crippen LogP contribution in [0.2, 0.25) is 0 Å². The number of guanidine groups is 1. The summed E-state index contributed by atoms with van der Waals surface area (Å²) in [7, 11) is -1.71. The van der Waals surface area contributed by atoms with Gasteiger partial charge in [-0.25, -0.2) is 12.8 Å². The second kappa shape index (κ2) is 8.88. The van der Waals surface area contributed by atoms with Crippen LogP contribution in [0, 0.1) is 5.82 Å². The lowest BCUT2D eigenvalue weighted by Crippen LogP contribution is -2.40. The number of nitrogens with zero attached hydrogens (tertiary/aromatic N) is 1. The second-order valence-corrected chi connectivity index (χ2v) is 8.42. The molecule has 0 aliphatic heterocycles. The number of rotatable bonds is 7. The molecule has 1 aromatic heterocycles. The van der Waals surface area contributed by atoms with Gasteiger partial charge in [0, 0.05) is 37.2 Å². The van der Waals surface area contributed by atoms with Crippen molar-refractivity contribution in [1.29, 1.82) is 0 Å². The number of aromatic amines is 1. The third-order valence-electron chi connectivity index (χ3n) is 4.41. The Labute approximate surface area is 163 Å². The van der Waals surface area contributed by atoms with Crippen molar-refractivity contribution in [3.63, 3.8) is 0 Å². The zero-order valence-electron chi connectivity index (χ0n) is 15.6. The van der Waals surface area contributed by atoms with E-state index < -0.39 is 9.84 Å². The average molecular weight is 402 g/mol. The molecule has 148 valence electrons. The van der Waals surface area contributed by atoms with Crippen molar-refractivity contribution >= 4 is 26.7 Å². The molecule has 1 heterocycles. The van der Waals surface area contributed by atoms with Gasteiger partial charge in [-0.3, -0.25) is 4.99 Å². The first-order chi connectivity index (χ1) is 13.5.